The number of ether oxygens (including phenoxy) is 1. The summed E-state index contributed by atoms with van der Waals surface area (Å²) in [5.41, 5.74) is 1.21. The Morgan fingerprint density at radius 3 is 3.00 bits per heavy atom. The van der Waals surface area contributed by atoms with Gasteiger partial charge in [-0.25, -0.2) is 0 Å². The zero-order chi connectivity index (χ0) is 11.5. The number of aryl methyl sites for hydroxylation is 1. The minimum absolute atomic E-state index is 0.308. The van der Waals surface area contributed by atoms with Crippen LogP contribution in [-0.2, 0) is 11.8 Å². The first kappa shape index (κ1) is 12.1. The van der Waals surface area contributed by atoms with E-state index in [1.807, 2.05) is 25.0 Å². The first-order valence-corrected chi connectivity index (χ1v) is 6.45. The van der Waals surface area contributed by atoms with E-state index in [0.717, 1.165) is 24.1 Å². The molecule has 2 rings (SSSR count). The molecular weight excluding hydrogens is 270 g/mol. The van der Waals surface area contributed by atoms with Crippen molar-refractivity contribution in [2.24, 2.45) is 13.0 Å². The third kappa shape index (κ3) is 2.31. The third-order valence-electron chi connectivity index (χ3n) is 3.21. The summed E-state index contributed by atoms with van der Waals surface area (Å²) in [7, 11) is 3.98. The molecule has 0 saturated carbocycles. The molecule has 90 valence electrons. The minimum Gasteiger partial charge on any atom is -0.381 e. The lowest BCUT2D eigenvalue weighted by Gasteiger charge is -2.30. The lowest BCUT2D eigenvalue weighted by Crippen LogP contribution is -2.33. The van der Waals surface area contributed by atoms with E-state index < -0.39 is 0 Å². The molecule has 2 unspecified atom stereocenters. The van der Waals surface area contributed by atoms with Crippen LogP contribution in [-0.4, -0.2) is 30.0 Å². The van der Waals surface area contributed by atoms with Crippen LogP contribution in [0.5, 0.6) is 0 Å². The van der Waals surface area contributed by atoms with E-state index in [9.17, 15) is 0 Å². The number of rotatable bonds is 3. The van der Waals surface area contributed by atoms with Crippen LogP contribution in [0.25, 0.3) is 0 Å². The fourth-order valence-corrected chi connectivity index (χ4v) is 2.99. The molecular formula is C11H18BrN3O. The molecule has 0 aliphatic carbocycles. The second kappa shape index (κ2) is 5.29. The van der Waals surface area contributed by atoms with Crippen LogP contribution in [0.15, 0.2) is 10.7 Å². The molecule has 0 spiro atoms. The largest absolute Gasteiger partial charge is 0.381 e. The highest BCUT2D eigenvalue weighted by Gasteiger charge is 2.28. The van der Waals surface area contributed by atoms with Crippen LogP contribution < -0.4 is 5.32 Å². The molecule has 1 aliphatic heterocycles. The minimum atomic E-state index is 0.308. The van der Waals surface area contributed by atoms with Crippen LogP contribution in [0.1, 0.15) is 24.6 Å². The van der Waals surface area contributed by atoms with Crippen molar-refractivity contribution in [1.29, 1.82) is 0 Å². The summed E-state index contributed by atoms with van der Waals surface area (Å²) < 4.78 is 8.56. The zero-order valence-electron chi connectivity index (χ0n) is 9.74. The fourth-order valence-electron chi connectivity index (χ4n) is 2.39. The maximum absolute atomic E-state index is 5.56. The van der Waals surface area contributed by atoms with Gasteiger partial charge in [0, 0.05) is 19.6 Å². The topological polar surface area (TPSA) is 39.1 Å². The van der Waals surface area contributed by atoms with Gasteiger partial charge in [0.15, 0.2) is 0 Å². The Labute approximate surface area is 104 Å². The summed E-state index contributed by atoms with van der Waals surface area (Å²) in [6.45, 7) is 1.74. The number of aromatic nitrogens is 2. The molecule has 4 nitrogen and oxygen atoms in total. The van der Waals surface area contributed by atoms with Crippen molar-refractivity contribution in [3.05, 3.63) is 16.4 Å². The number of nitrogens with zero attached hydrogens (tertiary/aromatic N) is 2. The first-order valence-electron chi connectivity index (χ1n) is 5.66. The first-order chi connectivity index (χ1) is 7.74. The van der Waals surface area contributed by atoms with Crippen LogP contribution in [0.2, 0.25) is 0 Å². The summed E-state index contributed by atoms with van der Waals surface area (Å²) in [6, 6.07) is 0.308. The lowest BCUT2D eigenvalue weighted by molar-refractivity contribution is 0.0389. The molecule has 1 saturated heterocycles. The molecule has 1 fully saturated rings. The SMILES string of the molecule is CNC(c1c(Br)cnn1C)C1CCCOC1. The molecule has 0 aromatic carbocycles. The Morgan fingerprint density at radius 1 is 1.69 bits per heavy atom. The van der Waals surface area contributed by atoms with Crippen molar-refractivity contribution in [3.63, 3.8) is 0 Å². The van der Waals surface area contributed by atoms with E-state index in [2.05, 4.69) is 26.3 Å². The Kier molecular flexibility index (Phi) is 4.00. The van der Waals surface area contributed by atoms with Crippen molar-refractivity contribution < 1.29 is 4.74 Å². The Bertz CT molecular complexity index is 327. The quantitative estimate of drug-likeness (QED) is 0.923. The molecule has 1 N–H and O–H groups in total. The van der Waals surface area contributed by atoms with Gasteiger partial charge in [0.05, 0.1) is 29.0 Å². The molecule has 0 bridgehead atoms. The van der Waals surface area contributed by atoms with Crippen LogP contribution in [0.4, 0.5) is 0 Å². The molecule has 16 heavy (non-hydrogen) atoms. The Hall–Kier alpha value is -0.390. The van der Waals surface area contributed by atoms with Crippen molar-refractivity contribution in [3.8, 4) is 0 Å². The number of halogens is 1. The predicted octanol–water partition coefficient (Wildman–Crippen LogP) is 1.87. The smallest absolute Gasteiger partial charge is 0.0695 e. The van der Waals surface area contributed by atoms with E-state index in [0.29, 0.717) is 12.0 Å². The summed E-state index contributed by atoms with van der Waals surface area (Å²) >= 11 is 3.56. The molecule has 5 heteroatoms. The van der Waals surface area contributed by atoms with Gasteiger partial charge in [-0.1, -0.05) is 0 Å². The highest BCUT2D eigenvalue weighted by molar-refractivity contribution is 9.10. The fraction of sp³-hybridized carbons (Fsp3) is 0.727. The van der Waals surface area contributed by atoms with Crippen molar-refractivity contribution in [1.82, 2.24) is 15.1 Å². The highest BCUT2D eigenvalue weighted by atomic mass is 79.9. The van der Waals surface area contributed by atoms with Crippen LogP contribution in [0.3, 0.4) is 0 Å². The second-order valence-electron chi connectivity index (χ2n) is 4.24. The maximum Gasteiger partial charge on any atom is 0.0695 e. The molecule has 1 aromatic heterocycles. The average molecular weight is 288 g/mol. The van der Waals surface area contributed by atoms with Crippen molar-refractivity contribution in [2.45, 2.75) is 18.9 Å². The Morgan fingerprint density at radius 2 is 2.50 bits per heavy atom. The average Bonchev–Trinajstić information content (AvgIpc) is 2.63. The van der Waals surface area contributed by atoms with Crippen molar-refractivity contribution in [2.75, 3.05) is 20.3 Å². The van der Waals surface area contributed by atoms with E-state index in [4.69, 9.17) is 4.74 Å². The summed E-state index contributed by atoms with van der Waals surface area (Å²) in [4.78, 5) is 0. The van der Waals surface area contributed by atoms with Gasteiger partial charge in [0.2, 0.25) is 0 Å². The Balaban J connectivity index is 2.21. The predicted molar refractivity (Wildman–Crippen MR) is 66.3 cm³/mol. The number of hydrogen-bond acceptors (Lipinski definition) is 3. The van der Waals surface area contributed by atoms with Gasteiger partial charge < -0.3 is 10.1 Å². The molecule has 1 aromatic rings. The van der Waals surface area contributed by atoms with E-state index in [1.165, 1.54) is 12.1 Å². The van der Waals surface area contributed by atoms with Gasteiger partial charge in [-0.3, -0.25) is 4.68 Å². The standard InChI is InChI=1S/C11H18BrN3O/c1-13-10(8-4-3-5-16-7-8)11-9(12)6-14-15(11)2/h6,8,10,13H,3-5,7H2,1-2H3. The normalized spacial score (nSPS) is 23.3. The molecule has 1 aliphatic rings. The van der Waals surface area contributed by atoms with Gasteiger partial charge in [-0.15, -0.1) is 0 Å². The zero-order valence-corrected chi connectivity index (χ0v) is 11.3. The summed E-state index contributed by atoms with van der Waals surface area (Å²) in [5, 5.41) is 7.65. The van der Waals surface area contributed by atoms with E-state index >= 15 is 0 Å². The van der Waals surface area contributed by atoms with Gasteiger partial charge in [-0.2, -0.15) is 5.10 Å². The van der Waals surface area contributed by atoms with E-state index in [1.54, 1.807) is 0 Å². The van der Waals surface area contributed by atoms with Gasteiger partial charge in [0.25, 0.3) is 0 Å². The van der Waals surface area contributed by atoms with Crippen LogP contribution >= 0.6 is 15.9 Å². The lowest BCUT2D eigenvalue weighted by atomic mass is 9.91. The molecule has 0 amide bonds. The molecule has 2 heterocycles. The molecule has 2 atom stereocenters. The highest BCUT2D eigenvalue weighted by Crippen LogP contribution is 2.32. The second-order valence-corrected chi connectivity index (χ2v) is 5.10. The number of nitrogens with one attached hydrogen (secondary N) is 1. The molecule has 0 radical (unpaired) electrons. The van der Waals surface area contributed by atoms with Gasteiger partial charge >= 0.3 is 0 Å². The van der Waals surface area contributed by atoms with Crippen molar-refractivity contribution >= 4 is 15.9 Å². The maximum atomic E-state index is 5.56. The van der Waals surface area contributed by atoms with E-state index in [-0.39, 0.29) is 0 Å². The van der Waals surface area contributed by atoms with Gasteiger partial charge in [0.1, 0.15) is 0 Å². The summed E-state index contributed by atoms with van der Waals surface area (Å²) in [5.74, 6) is 0.533. The summed E-state index contributed by atoms with van der Waals surface area (Å²) in [6.07, 6.45) is 4.21. The third-order valence-corrected chi connectivity index (χ3v) is 3.82. The monoisotopic (exact) mass is 287 g/mol. The number of hydrogen-bond donors (Lipinski definition) is 1. The van der Waals surface area contributed by atoms with Crippen LogP contribution in [0, 0.1) is 5.92 Å². The van der Waals surface area contributed by atoms with Gasteiger partial charge in [-0.05, 0) is 35.8 Å².